The number of rotatable bonds is 8. The van der Waals surface area contributed by atoms with E-state index in [0.717, 1.165) is 25.7 Å². The molecule has 0 aliphatic carbocycles. The van der Waals surface area contributed by atoms with E-state index >= 15 is 0 Å². The first-order valence-electron chi connectivity index (χ1n) is 7.29. The molecule has 21 heavy (non-hydrogen) atoms. The van der Waals surface area contributed by atoms with Gasteiger partial charge in [0.15, 0.2) is 0 Å². The summed E-state index contributed by atoms with van der Waals surface area (Å²) in [6, 6.07) is 5.64. The van der Waals surface area contributed by atoms with E-state index in [-0.39, 0.29) is 10.8 Å². The highest BCUT2D eigenvalue weighted by molar-refractivity contribution is 7.89. The smallest absolute Gasteiger partial charge is 0.251 e. The van der Waals surface area contributed by atoms with E-state index in [1.165, 1.54) is 24.3 Å². The Labute approximate surface area is 127 Å². The van der Waals surface area contributed by atoms with Gasteiger partial charge in [0.25, 0.3) is 5.91 Å². The molecule has 1 rings (SSSR count). The third-order valence-corrected chi connectivity index (χ3v) is 4.47. The first-order chi connectivity index (χ1) is 9.88. The maximum Gasteiger partial charge on any atom is 0.251 e. The lowest BCUT2D eigenvalue weighted by Gasteiger charge is -2.15. The molecule has 0 aliphatic heterocycles. The average Bonchev–Trinajstić information content (AvgIpc) is 2.46. The lowest BCUT2D eigenvalue weighted by atomic mass is 9.99. The van der Waals surface area contributed by atoms with Crippen molar-refractivity contribution in [3.8, 4) is 0 Å². The molecule has 6 heteroatoms. The van der Waals surface area contributed by atoms with Crippen LogP contribution in [0.2, 0.25) is 0 Å². The third-order valence-electron chi connectivity index (χ3n) is 3.54. The van der Waals surface area contributed by atoms with Crippen molar-refractivity contribution < 1.29 is 13.2 Å². The fourth-order valence-electron chi connectivity index (χ4n) is 2.08. The molecule has 1 unspecified atom stereocenters. The SMILES string of the molecule is CCCCC(CC)CNC(=O)c1ccc(S(N)(=O)=O)cc1. The molecule has 1 amide bonds. The molecular formula is C15H24N2O3S. The number of hydrogen-bond acceptors (Lipinski definition) is 3. The number of unbranched alkanes of at least 4 members (excludes halogenated alkanes) is 1. The number of nitrogens with one attached hydrogen (secondary N) is 1. The first kappa shape index (κ1) is 17.7. The summed E-state index contributed by atoms with van der Waals surface area (Å²) >= 11 is 0. The monoisotopic (exact) mass is 312 g/mol. The zero-order valence-electron chi connectivity index (χ0n) is 12.6. The highest BCUT2D eigenvalue weighted by Crippen LogP contribution is 2.12. The van der Waals surface area contributed by atoms with Gasteiger partial charge in [-0.25, -0.2) is 13.6 Å². The Balaban J connectivity index is 2.59. The zero-order chi connectivity index (χ0) is 15.9. The topological polar surface area (TPSA) is 89.3 Å². The van der Waals surface area contributed by atoms with Crippen LogP contribution < -0.4 is 10.5 Å². The van der Waals surface area contributed by atoms with Gasteiger partial charge in [-0.05, 0) is 36.6 Å². The molecule has 0 radical (unpaired) electrons. The molecule has 0 aliphatic rings. The molecule has 0 heterocycles. The average molecular weight is 312 g/mol. The Morgan fingerprint density at radius 2 is 1.86 bits per heavy atom. The van der Waals surface area contributed by atoms with Crippen LogP contribution >= 0.6 is 0 Å². The molecule has 0 aromatic heterocycles. The van der Waals surface area contributed by atoms with Gasteiger partial charge < -0.3 is 5.32 Å². The largest absolute Gasteiger partial charge is 0.352 e. The number of carbonyl (C=O) groups is 1. The van der Waals surface area contributed by atoms with Crippen molar-refractivity contribution in [2.45, 2.75) is 44.4 Å². The molecular weight excluding hydrogens is 288 g/mol. The Hall–Kier alpha value is -1.40. The van der Waals surface area contributed by atoms with Crippen LogP contribution in [0, 0.1) is 5.92 Å². The van der Waals surface area contributed by atoms with Crippen LogP contribution in [-0.4, -0.2) is 20.9 Å². The summed E-state index contributed by atoms with van der Waals surface area (Å²) in [6.07, 6.45) is 4.46. The van der Waals surface area contributed by atoms with Gasteiger partial charge in [-0.1, -0.05) is 33.1 Å². The lowest BCUT2D eigenvalue weighted by molar-refractivity contribution is 0.0945. The van der Waals surface area contributed by atoms with Gasteiger partial charge in [0.2, 0.25) is 10.0 Å². The zero-order valence-corrected chi connectivity index (χ0v) is 13.4. The maximum atomic E-state index is 12.0. The fraction of sp³-hybridized carbons (Fsp3) is 0.533. The highest BCUT2D eigenvalue weighted by atomic mass is 32.2. The number of carbonyl (C=O) groups excluding carboxylic acids is 1. The summed E-state index contributed by atoms with van der Waals surface area (Å²) in [7, 11) is -3.72. The summed E-state index contributed by atoms with van der Waals surface area (Å²) < 4.78 is 22.3. The molecule has 0 fully saturated rings. The van der Waals surface area contributed by atoms with Crippen molar-refractivity contribution in [3.05, 3.63) is 29.8 Å². The van der Waals surface area contributed by atoms with Gasteiger partial charge in [0, 0.05) is 12.1 Å². The van der Waals surface area contributed by atoms with E-state index in [4.69, 9.17) is 5.14 Å². The molecule has 0 saturated heterocycles. The van der Waals surface area contributed by atoms with Crippen LogP contribution in [0.4, 0.5) is 0 Å². The standard InChI is InChI=1S/C15H24N2O3S/c1-3-5-6-12(4-2)11-17-15(18)13-7-9-14(10-8-13)21(16,19)20/h7-10,12H,3-6,11H2,1-2H3,(H,17,18)(H2,16,19,20). The molecule has 3 N–H and O–H groups in total. The molecule has 1 aromatic carbocycles. The van der Waals surface area contributed by atoms with Crippen LogP contribution in [0.25, 0.3) is 0 Å². The predicted molar refractivity (Wildman–Crippen MR) is 83.5 cm³/mol. The minimum Gasteiger partial charge on any atom is -0.352 e. The molecule has 0 saturated carbocycles. The summed E-state index contributed by atoms with van der Waals surface area (Å²) in [5.74, 6) is 0.295. The van der Waals surface area contributed by atoms with Crippen molar-refractivity contribution in [2.75, 3.05) is 6.54 Å². The number of hydrogen-bond donors (Lipinski definition) is 2. The molecule has 0 spiro atoms. The van der Waals surface area contributed by atoms with Crippen molar-refractivity contribution in [1.29, 1.82) is 0 Å². The first-order valence-corrected chi connectivity index (χ1v) is 8.84. The second-order valence-electron chi connectivity index (χ2n) is 5.20. The molecule has 1 atom stereocenters. The Kier molecular flexibility index (Phi) is 6.84. The van der Waals surface area contributed by atoms with Crippen LogP contribution in [0.5, 0.6) is 0 Å². The van der Waals surface area contributed by atoms with E-state index in [9.17, 15) is 13.2 Å². The third kappa shape index (κ3) is 5.85. The molecule has 118 valence electrons. The number of sulfonamides is 1. The van der Waals surface area contributed by atoms with E-state index in [1.54, 1.807) is 0 Å². The number of amides is 1. The van der Waals surface area contributed by atoms with E-state index < -0.39 is 10.0 Å². The minimum absolute atomic E-state index is 0.00781. The number of nitrogens with two attached hydrogens (primary N) is 1. The number of primary sulfonamides is 1. The number of benzene rings is 1. The van der Waals surface area contributed by atoms with Crippen LogP contribution in [0.3, 0.4) is 0 Å². The summed E-state index contributed by atoms with van der Waals surface area (Å²) in [4.78, 5) is 12.0. The van der Waals surface area contributed by atoms with Crippen LogP contribution in [0.15, 0.2) is 29.2 Å². The lowest BCUT2D eigenvalue weighted by Crippen LogP contribution is -2.29. The van der Waals surface area contributed by atoms with E-state index in [2.05, 4.69) is 19.2 Å². The summed E-state index contributed by atoms with van der Waals surface area (Å²) in [5.41, 5.74) is 0.438. The second kappa shape index (κ2) is 8.14. The Morgan fingerprint density at radius 3 is 2.33 bits per heavy atom. The minimum atomic E-state index is -3.72. The van der Waals surface area contributed by atoms with Crippen molar-refractivity contribution >= 4 is 15.9 Å². The van der Waals surface area contributed by atoms with Gasteiger partial charge in [-0.15, -0.1) is 0 Å². The fourth-order valence-corrected chi connectivity index (χ4v) is 2.59. The van der Waals surface area contributed by atoms with Gasteiger partial charge in [0.05, 0.1) is 4.90 Å². The highest BCUT2D eigenvalue weighted by Gasteiger charge is 2.12. The van der Waals surface area contributed by atoms with Gasteiger partial charge >= 0.3 is 0 Å². The van der Waals surface area contributed by atoms with Crippen molar-refractivity contribution in [2.24, 2.45) is 11.1 Å². The molecule has 0 bridgehead atoms. The van der Waals surface area contributed by atoms with Crippen molar-refractivity contribution in [3.63, 3.8) is 0 Å². The van der Waals surface area contributed by atoms with Crippen LogP contribution in [0.1, 0.15) is 49.9 Å². The molecule has 1 aromatic rings. The quantitative estimate of drug-likeness (QED) is 0.771. The second-order valence-corrected chi connectivity index (χ2v) is 6.76. The Morgan fingerprint density at radius 1 is 1.24 bits per heavy atom. The summed E-state index contributed by atoms with van der Waals surface area (Å²) in [5, 5.41) is 7.91. The normalized spacial score (nSPS) is 12.9. The summed E-state index contributed by atoms with van der Waals surface area (Å²) in [6.45, 7) is 4.91. The van der Waals surface area contributed by atoms with Gasteiger partial charge in [-0.2, -0.15) is 0 Å². The van der Waals surface area contributed by atoms with E-state index in [1.807, 2.05) is 0 Å². The van der Waals surface area contributed by atoms with Crippen LogP contribution in [-0.2, 0) is 10.0 Å². The predicted octanol–water partition coefficient (Wildman–Crippen LogP) is 2.28. The van der Waals surface area contributed by atoms with Crippen molar-refractivity contribution in [1.82, 2.24) is 5.32 Å². The Bertz CT molecular complexity index is 553. The van der Waals surface area contributed by atoms with Gasteiger partial charge in [-0.3, -0.25) is 4.79 Å². The van der Waals surface area contributed by atoms with E-state index in [0.29, 0.717) is 18.0 Å². The maximum absolute atomic E-state index is 12.0. The molecule has 5 nitrogen and oxygen atoms in total. The van der Waals surface area contributed by atoms with Gasteiger partial charge in [0.1, 0.15) is 0 Å².